The van der Waals surface area contributed by atoms with Crippen LogP contribution in [-0.2, 0) is 19.6 Å². The number of ether oxygens (including phenoxy) is 1. The number of carbonyl (C=O) groups is 1. The van der Waals surface area contributed by atoms with Crippen molar-refractivity contribution >= 4 is 15.9 Å². The molecule has 7 nitrogen and oxygen atoms in total. The van der Waals surface area contributed by atoms with Gasteiger partial charge in [-0.25, -0.2) is 17.5 Å². The molecule has 3 N–H and O–H groups in total. The fraction of sp³-hybridized carbons (Fsp3) is 0.318. The molecule has 1 aliphatic heterocycles. The van der Waals surface area contributed by atoms with Crippen LogP contribution in [0.5, 0.6) is 0 Å². The summed E-state index contributed by atoms with van der Waals surface area (Å²) in [6.07, 6.45) is 1.64. The fourth-order valence-corrected chi connectivity index (χ4v) is 4.55. The maximum atomic E-state index is 13.4. The SMILES string of the molecule is C[C@@H](NC(=O)C[C@H]1C=C[C@@H](NS(=O)(=O)c2cccc(F)c2)[C@H](CO)O1)c1ccccc1. The van der Waals surface area contributed by atoms with Crippen molar-refractivity contribution < 1.29 is 27.4 Å². The third kappa shape index (κ3) is 6.20. The van der Waals surface area contributed by atoms with Crippen molar-refractivity contribution in [3.8, 4) is 0 Å². The summed E-state index contributed by atoms with van der Waals surface area (Å²) in [6.45, 7) is 1.41. The smallest absolute Gasteiger partial charge is 0.241 e. The van der Waals surface area contributed by atoms with Crippen LogP contribution in [0.2, 0.25) is 0 Å². The van der Waals surface area contributed by atoms with Crippen molar-refractivity contribution in [1.29, 1.82) is 0 Å². The normalized spacial score (nSPS) is 22.1. The van der Waals surface area contributed by atoms with E-state index < -0.39 is 40.7 Å². The van der Waals surface area contributed by atoms with Gasteiger partial charge < -0.3 is 15.2 Å². The third-order valence-corrected chi connectivity index (χ3v) is 6.38. The van der Waals surface area contributed by atoms with E-state index in [4.69, 9.17) is 4.74 Å². The van der Waals surface area contributed by atoms with E-state index in [0.717, 1.165) is 17.7 Å². The Hall–Kier alpha value is -2.59. The highest BCUT2D eigenvalue weighted by Gasteiger charge is 2.31. The lowest BCUT2D eigenvalue weighted by Crippen LogP contribution is -2.49. The fourth-order valence-electron chi connectivity index (χ4n) is 3.30. The van der Waals surface area contributed by atoms with E-state index in [1.54, 1.807) is 12.2 Å². The van der Waals surface area contributed by atoms with E-state index in [1.807, 2.05) is 37.3 Å². The zero-order chi connectivity index (χ0) is 22.4. The molecule has 2 aromatic rings. The van der Waals surface area contributed by atoms with Gasteiger partial charge in [0.25, 0.3) is 0 Å². The van der Waals surface area contributed by atoms with Gasteiger partial charge in [-0.2, -0.15) is 0 Å². The van der Waals surface area contributed by atoms with Crippen molar-refractivity contribution in [2.75, 3.05) is 6.61 Å². The molecular formula is C22H25FN2O5S. The van der Waals surface area contributed by atoms with Gasteiger partial charge in [-0.3, -0.25) is 4.79 Å². The van der Waals surface area contributed by atoms with E-state index in [0.29, 0.717) is 0 Å². The second-order valence-corrected chi connectivity index (χ2v) is 9.00. The van der Waals surface area contributed by atoms with Crippen LogP contribution >= 0.6 is 0 Å². The van der Waals surface area contributed by atoms with E-state index in [1.165, 1.54) is 12.1 Å². The van der Waals surface area contributed by atoms with Crippen molar-refractivity contribution in [2.45, 2.75) is 42.5 Å². The Labute approximate surface area is 181 Å². The van der Waals surface area contributed by atoms with Crippen molar-refractivity contribution in [3.05, 3.63) is 78.1 Å². The first-order valence-corrected chi connectivity index (χ1v) is 11.3. The van der Waals surface area contributed by atoms with Crippen molar-refractivity contribution in [3.63, 3.8) is 0 Å². The zero-order valence-corrected chi connectivity index (χ0v) is 17.8. The summed E-state index contributed by atoms with van der Waals surface area (Å²) in [5, 5.41) is 12.6. The summed E-state index contributed by atoms with van der Waals surface area (Å²) in [5.74, 6) is -0.908. The number of aliphatic hydroxyl groups is 1. The summed E-state index contributed by atoms with van der Waals surface area (Å²) in [7, 11) is -4.02. The number of hydrogen-bond acceptors (Lipinski definition) is 5. The minimum Gasteiger partial charge on any atom is -0.394 e. The lowest BCUT2D eigenvalue weighted by Gasteiger charge is -2.31. The van der Waals surface area contributed by atoms with E-state index in [2.05, 4.69) is 10.0 Å². The Morgan fingerprint density at radius 2 is 1.90 bits per heavy atom. The Kier molecular flexibility index (Phi) is 7.55. The molecular weight excluding hydrogens is 423 g/mol. The predicted octanol–water partition coefficient (Wildman–Crippen LogP) is 2.06. The van der Waals surface area contributed by atoms with Crippen LogP contribution in [0.1, 0.15) is 24.9 Å². The highest BCUT2D eigenvalue weighted by molar-refractivity contribution is 7.89. The van der Waals surface area contributed by atoms with Gasteiger partial charge in [-0.05, 0) is 30.7 Å². The van der Waals surface area contributed by atoms with Crippen LogP contribution in [0.4, 0.5) is 4.39 Å². The van der Waals surface area contributed by atoms with Gasteiger partial charge in [-0.1, -0.05) is 48.6 Å². The summed E-state index contributed by atoms with van der Waals surface area (Å²) < 4.78 is 46.5. The number of sulfonamides is 1. The molecule has 0 saturated carbocycles. The average Bonchev–Trinajstić information content (AvgIpc) is 2.75. The number of rotatable bonds is 8. The monoisotopic (exact) mass is 448 g/mol. The second kappa shape index (κ2) is 10.1. The molecule has 0 spiro atoms. The topological polar surface area (TPSA) is 105 Å². The van der Waals surface area contributed by atoms with Crippen molar-refractivity contribution in [2.24, 2.45) is 0 Å². The van der Waals surface area contributed by atoms with Crippen molar-refractivity contribution in [1.82, 2.24) is 10.0 Å². The summed E-state index contributed by atoms with van der Waals surface area (Å²) >= 11 is 0. The lowest BCUT2D eigenvalue weighted by molar-refractivity contribution is -0.125. The summed E-state index contributed by atoms with van der Waals surface area (Å²) in [4.78, 5) is 12.2. The molecule has 1 heterocycles. The molecule has 3 rings (SSSR count). The minimum atomic E-state index is -4.02. The van der Waals surface area contributed by atoms with Crippen LogP contribution in [-0.4, -0.2) is 44.3 Å². The largest absolute Gasteiger partial charge is 0.394 e. The molecule has 1 amide bonds. The van der Waals surface area contributed by atoms with Gasteiger partial charge in [0.1, 0.15) is 11.9 Å². The molecule has 31 heavy (non-hydrogen) atoms. The van der Waals surface area contributed by atoms with Crippen LogP contribution < -0.4 is 10.0 Å². The van der Waals surface area contributed by atoms with E-state index in [-0.39, 0.29) is 23.3 Å². The molecule has 0 radical (unpaired) electrons. The van der Waals surface area contributed by atoms with Crippen LogP contribution in [0.25, 0.3) is 0 Å². The first-order valence-electron chi connectivity index (χ1n) is 9.85. The molecule has 0 unspecified atom stereocenters. The molecule has 0 aliphatic carbocycles. The van der Waals surface area contributed by atoms with Gasteiger partial charge in [0.15, 0.2) is 0 Å². The molecule has 1 aliphatic rings. The van der Waals surface area contributed by atoms with Gasteiger partial charge in [-0.15, -0.1) is 0 Å². The number of halogens is 1. The quantitative estimate of drug-likeness (QED) is 0.536. The first-order chi connectivity index (χ1) is 14.8. The molecule has 2 aromatic carbocycles. The lowest BCUT2D eigenvalue weighted by atomic mass is 10.0. The molecule has 0 saturated heterocycles. The molecule has 166 valence electrons. The number of carbonyl (C=O) groups excluding carboxylic acids is 1. The maximum absolute atomic E-state index is 13.4. The van der Waals surface area contributed by atoms with Gasteiger partial charge in [0, 0.05) is 0 Å². The highest BCUT2D eigenvalue weighted by Crippen LogP contribution is 2.19. The number of hydrogen-bond donors (Lipinski definition) is 3. The molecule has 0 aromatic heterocycles. The predicted molar refractivity (Wildman–Crippen MR) is 113 cm³/mol. The van der Waals surface area contributed by atoms with Gasteiger partial charge >= 0.3 is 0 Å². The van der Waals surface area contributed by atoms with Gasteiger partial charge in [0.2, 0.25) is 15.9 Å². The average molecular weight is 449 g/mol. The highest BCUT2D eigenvalue weighted by atomic mass is 32.2. The number of nitrogens with one attached hydrogen (secondary N) is 2. The molecule has 0 fully saturated rings. The van der Waals surface area contributed by atoms with Gasteiger partial charge in [0.05, 0.1) is 36.1 Å². The number of aliphatic hydroxyl groups excluding tert-OH is 1. The van der Waals surface area contributed by atoms with E-state index >= 15 is 0 Å². The molecule has 0 bridgehead atoms. The third-order valence-electron chi connectivity index (χ3n) is 4.92. The first kappa shape index (κ1) is 23.1. The molecule has 9 heteroatoms. The van der Waals surface area contributed by atoms with Crippen LogP contribution in [0.15, 0.2) is 71.6 Å². The summed E-state index contributed by atoms with van der Waals surface area (Å²) in [5.41, 5.74) is 0.969. The molecule has 4 atom stereocenters. The standard InChI is InChI=1S/C22H25FN2O5S/c1-15(16-6-3-2-4-7-16)24-22(27)13-18-10-11-20(21(14-26)30-18)25-31(28,29)19-9-5-8-17(23)12-19/h2-12,15,18,20-21,25-26H,13-14H2,1H3,(H,24,27)/t15-,18-,20-,21+/m1/s1. The van der Waals surface area contributed by atoms with Crippen LogP contribution in [0, 0.1) is 5.82 Å². The second-order valence-electron chi connectivity index (χ2n) is 7.29. The summed E-state index contributed by atoms with van der Waals surface area (Å²) in [6, 6.07) is 13.1. The zero-order valence-electron chi connectivity index (χ0n) is 16.9. The maximum Gasteiger partial charge on any atom is 0.241 e. The Morgan fingerprint density at radius 1 is 1.16 bits per heavy atom. The number of benzene rings is 2. The van der Waals surface area contributed by atoms with E-state index in [9.17, 15) is 22.7 Å². The Balaban J connectivity index is 1.61. The van der Waals surface area contributed by atoms with Crippen LogP contribution in [0.3, 0.4) is 0 Å². The number of amides is 1. The Bertz CT molecular complexity index is 1030. The minimum absolute atomic E-state index is 0.0214. The Morgan fingerprint density at radius 3 is 2.58 bits per heavy atom.